The lowest BCUT2D eigenvalue weighted by atomic mass is 9.94. The van der Waals surface area contributed by atoms with E-state index in [1.54, 1.807) is 15.9 Å². The summed E-state index contributed by atoms with van der Waals surface area (Å²) in [6.07, 6.45) is 2.59. The molecule has 0 radical (unpaired) electrons. The first-order valence-corrected chi connectivity index (χ1v) is 10.9. The zero-order chi connectivity index (χ0) is 20.7. The lowest BCUT2D eigenvalue weighted by Crippen LogP contribution is -2.41. The summed E-state index contributed by atoms with van der Waals surface area (Å²) in [7, 11) is 0. The van der Waals surface area contributed by atoms with E-state index in [4.69, 9.17) is 4.52 Å². The van der Waals surface area contributed by atoms with E-state index in [0.717, 1.165) is 29.8 Å². The molecule has 30 heavy (non-hydrogen) atoms. The highest BCUT2D eigenvalue weighted by molar-refractivity contribution is 7.08. The molecule has 0 aromatic carbocycles. The van der Waals surface area contributed by atoms with E-state index in [-0.39, 0.29) is 17.6 Å². The molecule has 1 fully saturated rings. The average Bonchev–Trinajstić information content (AvgIpc) is 3.47. The maximum atomic E-state index is 13.0. The van der Waals surface area contributed by atoms with Crippen LogP contribution in [0.3, 0.4) is 0 Å². The minimum absolute atomic E-state index is 0.160. The molecule has 4 aromatic rings. The quantitative estimate of drug-likeness (QED) is 0.497. The third-order valence-electron chi connectivity index (χ3n) is 5.33. The molecule has 10 heteroatoms. The average molecular weight is 424 g/mol. The Morgan fingerprint density at radius 3 is 3.03 bits per heavy atom. The lowest BCUT2D eigenvalue weighted by Gasteiger charge is -2.31. The van der Waals surface area contributed by atoms with Crippen LogP contribution in [0, 0.1) is 19.8 Å². The normalized spacial score (nSPS) is 17.0. The van der Waals surface area contributed by atoms with Gasteiger partial charge in [-0.1, -0.05) is 5.16 Å². The molecule has 1 unspecified atom stereocenters. The Morgan fingerprint density at radius 1 is 1.30 bits per heavy atom. The summed E-state index contributed by atoms with van der Waals surface area (Å²) >= 11 is 1.60. The van der Waals surface area contributed by atoms with Crippen molar-refractivity contribution in [3.05, 3.63) is 46.0 Å². The second-order valence-corrected chi connectivity index (χ2v) is 8.45. The van der Waals surface area contributed by atoms with Crippen molar-refractivity contribution in [1.82, 2.24) is 34.6 Å². The number of hydrogen-bond acceptors (Lipinski definition) is 8. The molecule has 0 spiro atoms. The van der Waals surface area contributed by atoms with Crippen LogP contribution >= 0.6 is 11.3 Å². The van der Waals surface area contributed by atoms with Gasteiger partial charge >= 0.3 is 0 Å². The third kappa shape index (κ3) is 3.58. The molecule has 0 N–H and O–H groups in total. The van der Waals surface area contributed by atoms with Crippen molar-refractivity contribution in [2.24, 2.45) is 5.92 Å². The number of thiophene rings is 1. The van der Waals surface area contributed by atoms with Gasteiger partial charge < -0.3 is 9.42 Å². The van der Waals surface area contributed by atoms with Crippen LogP contribution in [0.5, 0.6) is 0 Å². The van der Waals surface area contributed by atoms with Crippen molar-refractivity contribution >= 4 is 23.0 Å². The van der Waals surface area contributed by atoms with Gasteiger partial charge in [-0.2, -0.15) is 21.3 Å². The zero-order valence-electron chi connectivity index (χ0n) is 16.8. The minimum atomic E-state index is -0.160. The van der Waals surface area contributed by atoms with Crippen molar-refractivity contribution in [3.8, 4) is 11.4 Å². The van der Waals surface area contributed by atoms with Crippen LogP contribution in [-0.2, 0) is 6.42 Å². The molecule has 1 amide bonds. The van der Waals surface area contributed by atoms with Gasteiger partial charge in [0.2, 0.25) is 17.5 Å². The number of carbonyl (C=O) groups excluding carboxylic acids is 1. The number of nitrogens with zero attached hydrogens (tertiary/aromatic N) is 7. The number of piperidine rings is 1. The Labute approximate surface area is 176 Å². The standard InChI is InChI=1S/C20H21N7O2S/c1-12-8-13(2)27-20(21-12)23-18(24-27)19(28)26-6-3-4-14(10-26)9-16-22-17(25-29-16)15-5-7-30-11-15/h5,7-8,11,14H,3-4,6,9-10H2,1-2H3. The van der Waals surface area contributed by atoms with Gasteiger partial charge in [0.05, 0.1) is 0 Å². The zero-order valence-corrected chi connectivity index (χ0v) is 17.6. The number of amides is 1. The van der Waals surface area contributed by atoms with Gasteiger partial charge in [-0.3, -0.25) is 4.79 Å². The Bertz CT molecular complexity index is 1200. The summed E-state index contributed by atoms with van der Waals surface area (Å²) in [6.45, 7) is 5.15. The van der Waals surface area contributed by atoms with Gasteiger partial charge in [0.25, 0.3) is 11.7 Å². The highest BCUT2D eigenvalue weighted by Gasteiger charge is 2.28. The number of aromatic nitrogens is 6. The Kier molecular flexibility index (Phi) is 4.78. The third-order valence-corrected chi connectivity index (χ3v) is 6.01. The van der Waals surface area contributed by atoms with Gasteiger partial charge in [0.15, 0.2) is 0 Å². The first-order chi connectivity index (χ1) is 14.6. The molecule has 1 saturated heterocycles. The number of aryl methyl sites for hydroxylation is 2. The first-order valence-electron chi connectivity index (χ1n) is 9.92. The number of rotatable bonds is 4. The first kappa shape index (κ1) is 18.9. The van der Waals surface area contributed by atoms with Crippen LogP contribution < -0.4 is 0 Å². The highest BCUT2D eigenvalue weighted by atomic mass is 32.1. The second kappa shape index (κ2) is 7.60. The SMILES string of the molecule is Cc1cc(C)n2nc(C(=O)N3CCCC(Cc4nc(-c5ccsc5)no4)C3)nc2n1. The maximum absolute atomic E-state index is 13.0. The van der Waals surface area contributed by atoms with Crippen LogP contribution in [0.2, 0.25) is 0 Å². The van der Waals surface area contributed by atoms with E-state index in [2.05, 4.69) is 25.2 Å². The van der Waals surface area contributed by atoms with E-state index < -0.39 is 0 Å². The van der Waals surface area contributed by atoms with E-state index in [1.165, 1.54) is 0 Å². The van der Waals surface area contributed by atoms with Gasteiger partial charge in [-0.25, -0.2) is 9.50 Å². The second-order valence-electron chi connectivity index (χ2n) is 7.67. The summed E-state index contributed by atoms with van der Waals surface area (Å²) in [5, 5.41) is 12.4. The molecule has 154 valence electrons. The van der Waals surface area contributed by atoms with Crippen LogP contribution in [0.4, 0.5) is 0 Å². The highest BCUT2D eigenvalue weighted by Crippen LogP contribution is 2.24. The molecule has 0 aliphatic carbocycles. The fraction of sp³-hybridized carbons (Fsp3) is 0.400. The molecule has 1 aliphatic heterocycles. The molecule has 0 bridgehead atoms. The van der Waals surface area contributed by atoms with E-state index >= 15 is 0 Å². The fourth-order valence-corrected chi connectivity index (χ4v) is 4.54. The van der Waals surface area contributed by atoms with Crippen LogP contribution in [0.25, 0.3) is 17.2 Å². The summed E-state index contributed by atoms with van der Waals surface area (Å²) in [5.41, 5.74) is 2.72. The molecular formula is C20H21N7O2S. The van der Waals surface area contributed by atoms with Crippen molar-refractivity contribution in [1.29, 1.82) is 0 Å². The molecule has 1 aliphatic rings. The van der Waals surface area contributed by atoms with E-state index in [0.29, 0.717) is 37.0 Å². The maximum Gasteiger partial charge on any atom is 0.293 e. The van der Waals surface area contributed by atoms with Crippen molar-refractivity contribution in [2.45, 2.75) is 33.1 Å². The predicted octanol–water partition coefficient (Wildman–Crippen LogP) is 2.95. The van der Waals surface area contributed by atoms with Gasteiger partial charge in [-0.15, -0.1) is 5.10 Å². The molecule has 9 nitrogen and oxygen atoms in total. The Morgan fingerprint density at radius 2 is 2.20 bits per heavy atom. The largest absolute Gasteiger partial charge is 0.339 e. The summed E-state index contributed by atoms with van der Waals surface area (Å²) in [4.78, 5) is 28.1. The summed E-state index contributed by atoms with van der Waals surface area (Å²) in [5.74, 6) is 1.97. The molecule has 1 atom stereocenters. The lowest BCUT2D eigenvalue weighted by molar-refractivity contribution is 0.0656. The summed E-state index contributed by atoms with van der Waals surface area (Å²) in [6, 6.07) is 3.89. The van der Waals surface area contributed by atoms with Crippen molar-refractivity contribution in [3.63, 3.8) is 0 Å². The molecule has 4 aromatic heterocycles. The summed E-state index contributed by atoms with van der Waals surface area (Å²) < 4.78 is 7.06. The van der Waals surface area contributed by atoms with Gasteiger partial charge in [-0.05, 0) is 50.1 Å². The smallest absolute Gasteiger partial charge is 0.293 e. The number of carbonyl (C=O) groups is 1. The Hall–Kier alpha value is -3.14. The number of fused-ring (bicyclic) bond motifs is 1. The van der Waals surface area contributed by atoms with Crippen LogP contribution in [0.1, 0.15) is 40.7 Å². The monoisotopic (exact) mass is 423 g/mol. The van der Waals surface area contributed by atoms with E-state index in [9.17, 15) is 4.79 Å². The predicted molar refractivity (Wildman–Crippen MR) is 110 cm³/mol. The number of likely N-dealkylation sites (tertiary alicyclic amines) is 1. The van der Waals surface area contributed by atoms with Crippen LogP contribution in [0.15, 0.2) is 27.4 Å². The van der Waals surface area contributed by atoms with Crippen LogP contribution in [-0.4, -0.2) is 53.6 Å². The molecule has 0 saturated carbocycles. The van der Waals surface area contributed by atoms with Gasteiger partial charge in [0.1, 0.15) is 0 Å². The molecule has 5 rings (SSSR count). The van der Waals surface area contributed by atoms with Crippen molar-refractivity contribution in [2.75, 3.05) is 13.1 Å². The number of hydrogen-bond donors (Lipinski definition) is 0. The van der Waals surface area contributed by atoms with Crippen molar-refractivity contribution < 1.29 is 9.32 Å². The molecule has 5 heterocycles. The van der Waals surface area contributed by atoms with E-state index in [1.807, 2.05) is 41.6 Å². The fourth-order valence-electron chi connectivity index (χ4n) is 3.91. The van der Waals surface area contributed by atoms with Gasteiger partial charge in [0, 0.05) is 41.8 Å². The minimum Gasteiger partial charge on any atom is -0.339 e. The molecular weight excluding hydrogens is 402 g/mol. The topological polar surface area (TPSA) is 102 Å². The Balaban J connectivity index is 1.29.